The maximum absolute atomic E-state index is 13.6. The fourth-order valence-electron chi connectivity index (χ4n) is 7.70. The largest absolute Gasteiger partial charge is 0.497 e. The van der Waals surface area contributed by atoms with Crippen molar-refractivity contribution < 1.29 is 22.7 Å². The van der Waals surface area contributed by atoms with E-state index in [0.29, 0.717) is 25.0 Å². The van der Waals surface area contributed by atoms with Gasteiger partial charge in [-0.25, -0.2) is 0 Å². The molecule has 4 aliphatic rings. The Morgan fingerprint density at radius 2 is 1.61 bits per heavy atom. The zero-order valence-electron chi connectivity index (χ0n) is 26.9. The Morgan fingerprint density at radius 1 is 0.886 bits per heavy atom. The number of rotatable bonds is 5. The number of halogens is 3. The average Bonchev–Trinajstić information content (AvgIpc) is 3.78. The number of alkyl halides is 3. The number of carbonyl (C=O) groups is 1. The molecular weight excluding hydrogens is 563 g/mol. The average molecular weight is 614 g/mol. The van der Waals surface area contributed by atoms with E-state index in [1.54, 1.807) is 13.2 Å². The molecule has 2 unspecified atom stereocenters. The van der Waals surface area contributed by atoms with Gasteiger partial charge < -0.3 is 14.5 Å². The second-order valence-electron chi connectivity index (χ2n) is 13.7. The second-order valence-corrected chi connectivity index (χ2v) is 13.7. The highest BCUT2D eigenvalue weighted by molar-refractivity contribution is 5.80. The Hall–Kier alpha value is -2.74. The number of methoxy groups -OCH3 is 1. The van der Waals surface area contributed by atoms with Gasteiger partial charge >= 0.3 is 6.18 Å². The molecule has 5 nitrogen and oxygen atoms in total. The number of likely N-dealkylation sites (tertiary alicyclic amines) is 2. The molecule has 0 N–H and O–H groups in total. The molecule has 2 aromatic carbocycles. The lowest BCUT2D eigenvalue weighted by Crippen LogP contribution is -2.37. The molecule has 3 heterocycles. The fraction of sp³-hybridized carbons (Fsp3) is 0.639. The van der Waals surface area contributed by atoms with Crippen molar-refractivity contribution in [3.05, 3.63) is 59.2 Å². The van der Waals surface area contributed by atoms with Gasteiger partial charge in [0.05, 0.1) is 18.6 Å². The van der Waals surface area contributed by atoms with Crippen molar-refractivity contribution in [3.8, 4) is 5.75 Å². The molecule has 2 aromatic rings. The first kappa shape index (κ1) is 32.6. The molecule has 1 saturated carbocycles. The Morgan fingerprint density at radius 3 is 2.25 bits per heavy atom. The number of carbonyl (C=O) groups excluding carboxylic acids is 1. The summed E-state index contributed by atoms with van der Waals surface area (Å²) in [5, 5.41) is 0. The highest BCUT2D eigenvalue weighted by Gasteiger charge is 2.41. The first-order valence-electron chi connectivity index (χ1n) is 16.6. The first-order chi connectivity index (χ1) is 21.0. The van der Waals surface area contributed by atoms with Gasteiger partial charge in [-0.1, -0.05) is 44.9 Å². The number of nitrogens with zero attached hydrogens (tertiary/aromatic N) is 3. The van der Waals surface area contributed by atoms with Crippen LogP contribution in [0.1, 0.15) is 81.4 Å². The van der Waals surface area contributed by atoms with Crippen molar-refractivity contribution in [2.45, 2.75) is 83.9 Å². The third-order valence-electron chi connectivity index (χ3n) is 10.4. The number of amides is 1. The smallest absolute Gasteiger partial charge is 0.416 e. The maximum atomic E-state index is 13.6. The molecule has 4 fully saturated rings. The monoisotopic (exact) mass is 613 g/mol. The summed E-state index contributed by atoms with van der Waals surface area (Å²) in [6, 6.07) is 12.9. The Kier molecular flexibility index (Phi) is 10.5. The lowest BCUT2D eigenvalue weighted by atomic mass is 9.87. The summed E-state index contributed by atoms with van der Waals surface area (Å²) in [5.74, 6) is 2.15. The van der Waals surface area contributed by atoms with E-state index in [9.17, 15) is 18.0 Å². The van der Waals surface area contributed by atoms with Crippen molar-refractivity contribution in [1.82, 2.24) is 9.80 Å². The fourth-order valence-corrected chi connectivity index (χ4v) is 7.70. The summed E-state index contributed by atoms with van der Waals surface area (Å²) in [4.78, 5) is 20.2. The molecule has 1 amide bonds. The van der Waals surface area contributed by atoms with Crippen LogP contribution in [0.4, 0.5) is 18.9 Å². The molecule has 0 aromatic heterocycles. The molecule has 3 saturated heterocycles. The molecule has 0 bridgehead atoms. The predicted octanol–water partition coefficient (Wildman–Crippen LogP) is 7.77. The maximum Gasteiger partial charge on any atom is 0.416 e. The van der Waals surface area contributed by atoms with E-state index < -0.39 is 11.7 Å². The molecule has 3 aliphatic heterocycles. The van der Waals surface area contributed by atoms with Crippen molar-refractivity contribution in [2.24, 2.45) is 17.8 Å². The quantitative estimate of drug-likeness (QED) is 0.345. The standard InChI is InChI=1S/C28H40F3N3O.C8H10O/c1-19-9-12-32(13-10-19)26-15-22(28(29,30)31)7-8-24(26)25-18-34(16-20(25)2)27(35)21-11-14-33(17-21)23-5-3-4-6-23;1-7-4-3-5-8(6-7)9-2/h7-8,15,19-21,23,25H,3-6,9-14,16-18H2,1-2H3;3-6H,1-2H3/t20-,21?,25?;/m0./s1. The van der Waals surface area contributed by atoms with E-state index >= 15 is 0 Å². The first-order valence-corrected chi connectivity index (χ1v) is 16.6. The normalized spacial score (nSPS) is 25.3. The minimum absolute atomic E-state index is 0.0669. The van der Waals surface area contributed by atoms with E-state index in [-0.39, 0.29) is 23.7 Å². The summed E-state index contributed by atoms with van der Waals surface area (Å²) in [5.41, 5.74) is 2.36. The van der Waals surface area contributed by atoms with Gasteiger partial charge in [0.2, 0.25) is 5.91 Å². The number of aryl methyl sites for hydroxylation is 1. The van der Waals surface area contributed by atoms with E-state index in [4.69, 9.17) is 4.74 Å². The molecular formula is C36H50F3N3O2. The van der Waals surface area contributed by atoms with Gasteiger partial charge in [-0.15, -0.1) is 0 Å². The topological polar surface area (TPSA) is 36.0 Å². The molecule has 242 valence electrons. The van der Waals surface area contributed by atoms with Gasteiger partial charge in [-0.2, -0.15) is 13.2 Å². The van der Waals surface area contributed by atoms with Crippen molar-refractivity contribution in [3.63, 3.8) is 0 Å². The molecule has 1 aliphatic carbocycles. The van der Waals surface area contributed by atoms with Crippen LogP contribution < -0.4 is 9.64 Å². The van der Waals surface area contributed by atoms with Gasteiger partial charge in [0.1, 0.15) is 5.75 Å². The van der Waals surface area contributed by atoms with Crippen LogP contribution in [0, 0.1) is 24.7 Å². The summed E-state index contributed by atoms with van der Waals surface area (Å²) >= 11 is 0. The van der Waals surface area contributed by atoms with Crippen LogP contribution in [0.2, 0.25) is 0 Å². The van der Waals surface area contributed by atoms with Crippen LogP contribution in [0.5, 0.6) is 5.75 Å². The molecule has 0 spiro atoms. The highest BCUT2D eigenvalue weighted by atomic mass is 19.4. The van der Waals surface area contributed by atoms with E-state index in [2.05, 4.69) is 23.6 Å². The lowest BCUT2D eigenvalue weighted by molar-refractivity contribution is -0.137. The Bertz CT molecular complexity index is 1250. The SMILES string of the molecule is CC1CCN(c2cc(C(F)(F)F)ccc2C2CN(C(=O)C3CCN(C4CCCC4)C3)C[C@@H]2C)CC1.COc1cccc(C)c1. The number of anilines is 1. The predicted molar refractivity (Wildman–Crippen MR) is 170 cm³/mol. The lowest BCUT2D eigenvalue weighted by Gasteiger charge is -2.35. The van der Waals surface area contributed by atoms with E-state index in [1.165, 1.54) is 43.4 Å². The van der Waals surface area contributed by atoms with Crippen molar-refractivity contribution in [1.29, 1.82) is 0 Å². The zero-order chi connectivity index (χ0) is 31.4. The minimum atomic E-state index is -4.35. The van der Waals surface area contributed by atoms with Crippen LogP contribution in [0.3, 0.4) is 0 Å². The van der Waals surface area contributed by atoms with Gasteiger partial charge in [0, 0.05) is 50.4 Å². The highest BCUT2D eigenvalue weighted by Crippen LogP contribution is 2.42. The van der Waals surface area contributed by atoms with E-state index in [1.807, 2.05) is 36.1 Å². The number of piperidine rings is 1. The molecule has 8 heteroatoms. The van der Waals surface area contributed by atoms with E-state index in [0.717, 1.165) is 62.4 Å². The van der Waals surface area contributed by atoms with Gasteiger partial charge in [-0.3, -0.25) is 9.69 Å². The van der Waals surface area contributed by atoms with Crippen molar-refractivity contribution in [2.75, 3.05) is 51.3 Å². The molecule has 0 radical (unpaired) electrons. The number of hydrogen-bond donors (Lipinski definition) is 0. The molecule has 3 atom stereocenters. The van der Waals surface area contributed by atoms with Crippen LogP contribution in [-0.4, -0.2) is 68.1 Å². The summed E-state index contributed by atoms with van der Waals surface area (Å²) in [7, 11) is 1.68. The van der Waals surface area contributed by atoms with Crippen LogP contribution in [0.25, 0.3) is 0 Å². The van der Waals surface area contributed by atoms with Crippen LogP contribution in [0.15, 0.2) is 42.5 Å². The Balaban J connectivity index is 0.000000367. The Labute approximate surface area is 261 Å². The number of hydrogen-bond acceptors (Lipinski definition) is 4. The minimum Gasteiger partial charge on any atom is -0.497 e. The summed E-state index contributed by atoms with van der Waals surface area (Å²) < 4.78 is 45.8. The number of benzene rings is 2. The third-order valence-corrected chi connectivity index (χ3v) is 10.4. The van der Waals surface area contributed by atoms with Crippen LogP contribution >= 0.6 is 0 Å². The summed E-state index contributed by atoms with van der Waals surface area (Å²) in [6.07, 6.45) is 3.70. The molecule has 44 heavy (non-hydrogen) atoms. The van der Waals surface area contributed by atoms with Crippen molar-refractivity contribution >= 4 is 11.6 Å². The summed E-state index contributed by atoms with van der Waals surface area (Å²) in [6.45, 7) is 11.2. The third kappa shape index (κ3) is 7.72. The second kappa shape index (κ2) is 14.1. The molecule has 6 rings (SSSR count). The van der Waals surface area contributed by atoms with Gasteiger partial charge in [0.25, 0.3) is 0 Å². The van der Waals surface area contributed by atoms with Gasteiger partial charge in [-0.05, 0) is 92.8 Å². The zero-order valence-corrected chi connectivity index (χ0v) is 26.9. The van der Waals surface area contributed by atoms with Crippen LogP contribution in [-0.2, 0) is 11.0 Å². The number of ether oxygens (including phenoxy) is 1. The van der Waals surface area contributed by atoms with Gasteiger partial charge in [0.15, 0.2) is 0 Å².